The summed E-state index contributed by atoms with van der Waals surface area (Å²) in [5.41, 5.74) is 1.02. The smallest absolute Gasteiger partial charge is 0.203 e. The molecule has 0 saturated heterocycles. The molecule has 0 radical (unpaired) electrons. The van der Waals surface area contributed by atoms with Crippen LogP contribution in [0.5, 0.6) is 0 Å². The maximum absolute atomic E-state index is 11.2. The van der Waals surface area contributed by atoms with Crippen molar-refractivity contribution in [3.05, 3.63) is 11.9 Å². The summed E-state index contributed by atoms with van der Waals surface area (Å²) in [5.74, 6) is 0.911. The molecule has 0 bridgehead atoms. The highest BCUT2D eigenvalue weighted by Gasteiger charge is 2.07. The summed E-state index contributed by atoms with van der Waals surface area (Å²) in [6.07, 6.45) is 4.68. The number of imidazole rings is 1. The molecule has 4 nitrogen and oxygen atoms in total. The van der Waals surface area contributed by atoms with Crippen LogP contribution >= 0.6 is 0 Å². The Hall–Kier alpha value is -0.840. The molecule has 0 fully saturated rings. The Bertz CT molecular complexity index is 362. The molecule has 5 heteroatoms. The van der Waals surface area contributed by atoms with Gasteiger partial charge in [-0.3, -0.25) is 4.21 Å². The zero-order chi connectivity index (χ0) is 12.1. The summed E-state index contributed by atoms with van der Waals surface area (Å²) in [7, 11) is -0.737. The SMILES string of the molecule is CCn1cc(C)nc1NCCC(C)S(C)=O. The Balaban J connectivity index is 2.45. The average molecular weight is 243 g/mol. The van der Waals surface area contributed by atoms with E-state index in [9.17, 15) is 4.21 Å². The number of aromatic nitrogens is 2. The van der Waals surface area contributed by atoms with E-state index >= 15 is 0 Å². The van der Waals surface area contributed by atoms with E-state index < -0.39 is 10.8 Å². The standard InChI is InChI=1S/C11H21N3OS/c1-5-14-8-9(2)13-11(14)12-7-6-10(3)16(4)15/h8,10H,5-7H2,1-4H3,(H,12,13). The van der Waals surface area contributed by atoms with Crippen molar-refractivity contribution >= 4 is 16.7 Å². The van der Waals surface area contributed by atoms with E-state index in [1.165, 1.54) is 0 Å². The normalized spacial score (nSPS) is 14.8. The van der Waals surface area contributed by atoms with Gasteiger partial charge in [-0.05, 0) is 20.3 Å². The predicted octanol–water partition coefficient (Wildman–Crippen LogP) is 1.78. The molecule has 1 N–H and O–H groups in total. The Kier molecular flexibility index (Phi) is 4.99. The molecule has 0 spiro atoms. The molecule has 16 heavy (non-hydrogen) atoms. The summed E-state index contributed by atoms with van der Waals surface area (Å²) >= 11 is 0. The van der Waals surface area contributed by atoms with Gasteiger partial charge in [0.15, 0.2) is 0 Å². The minimum absolute atomic E-state index is 0.235. The van der Waals surface area contributed by atoms with E-state index in [-0.39, 0.29) is 5.25 Å². The van der Waals surface area contributed by atoms with E-state index in [0.717, 1.165) is 31.2 Å². The molecule has 0 aliphatic carbocycles. The van der Waals surface area contributed by atoms with Crippen LogP contribution in [0.3, 0.4) is 0 Å². The van der Waals surface area contributed by atoms with Crippen LogP contribution in [0.4, 0.5) is 5.95 Å². The third kappa shape index (κ3) is 3.63. The van der Waals surface area contributed by atoms with Crippen molar-refractivity contribution in [3.8, 4) is 0 Å². The van der Waals surface area contributed by atoms with Gasteiger partial charge in [0, 0.05) is 41.6 Å². The van der Waals surface area contributed by atoms with Crippen molar-refractivity contribution in [3.63, 3.8) is 0 Å². The van der Waals surface area contributed by atoms with Crippen LogP contribution in [0.2, 0.25) is 0 Å². The first-order valence-electron chi connectivity index (χ1n) is 5.64. The van der Waals surface area contributed by atoms with Crippen LogP contribution in [0.25, 0.3) is 0 Å². The molecule has 0 aliphatic heterocycles. The molecule has 0 saturated carbocycles. The average Bonchev–Trinajstić information content (AvgIpc) is 2.58. The molecular weight excluding hydrogens is 222 g/mol. The number of anilines is 1. The van der Waals surface area contributed by atoms with E-state index in [0.29, 0.717) is 0 Å². The lowest BCUT2D eigenvalue weighted by molar-refractivity contribution is 0.671. The summed E-state index contributed by atoms with van der Waals surface area (Å²) in [5, 5.41) is 3.52. The Morgan fingerprint density at radius 3 is 2.88 bits per heavy atom. The van der Waals surface area contributed by atoms with Crippen LogP contribution < -0.4 is 5.32 Å². The molecule has 2 atom stereocenters. The fourth-order valence-corrected chi connectivity index (χ4v) is 1.93. The number of aryl methyl sites for hydroxylation is 2. The molecule has 2 unspecified atom stereocenters. The summed E-state index contributed by atoms with van der Waals surface area (Å²) in [6, 6.07) is 0. The lowest BCUT2D eigenvalue weighted by Gasteiger charge is -2.10. The second-order valence-corrected chi connectivity index (χ2v) is 5.82. The predicted molar refractivity (Wildman–Crippen MR) is 69.3 cm³/mol. The lowest BCUT2D eigenvalue weighted by Crippen LogP contribution is -2.16. The van der Waals surface area contributed by atoms with Gasteiger partial charge < -0.3 is 9.88 Å². The Morgan fingerprint density at radius 2 is 2.31 bits per heavy atom. The number of rotatable bonds is 6. The summed E-state index contributed by atoms with van der Waals surface area (Å²) in [4.78, 5) is 4.40. The number of nitrogens with zero attached hydrogens (tertiary/aromatic N) is 2. The largest absolute Gasteiger partial charge is 0.356 e. The second-order valence-electron chi connectivity index (χ2n) is 4.02. The Labute approximate surface area is 99.9 Å². The fourth-order valence-electron chi connectivity index (χ4n) is 1.48. The van der Waals surface area contributed by atoms with Crippen molar-refractivity contribution in [2.24, 2.45) is 0 Å². The van der Waals surface area contributed by atoms with Crippen molar-refractivity contribution < 1.29 is 4.21 Å². The zero-order valence-corrected chi connectivity index (χ0v) is 11.3. The van der Waals surface area contributed by atoms with Crippen LogP contribution in [0.1, 0.15) is 26.0 Å². The Morgan fingerprint density at radius 1 is 1.62 bits per heavy atom. The van der Waals surface area contributed by atoms with Gasteiger partial charge in [-0.15, -0.1) is 0 Å². The lowest BCUT2D eigenvalue weighted by atomic mass is 10.3. The second kappa shape index (κ2) is 6.03. The van der Waals surface area contributed by atoms with Crippen LogP contribution in [0, 0.1) is 6.92 Å². The van der Waals surface area contributed by atoms with Gasteiger partial charge in [0.1, 0.15) is 0 Å². The molecule has 1 aromatic rings. The van der Waals surface area contributed by atoms with Gasteiger partial charge in [0.05, 0.1) is 5.69 Å². The van der Waals surface area contributed by atoms with Gasteiger partial charge in [-0.1, -0.05) is 6.92 Å². The van der Waals surface area contributed by atoms with Crippen molar-refractivity contribution in [2.45, 2.75) is 39.0 Å². The maximum Gasteiger partial charge on any atom is 0.203 e. The molecular formula is C11H21N3OS. The van der Waals surface area contributed by atoms with Gasteiger partial charge >= 0.3 is 0 Å². The first-order chi connectivity index (χ1) is 7.54. The van der Waals surface area contributed by atoms with E-state index in [2.05, 4.69) is 21.8 Å². The zero-order valence-electron chi connectivity index (χ0n) is 10.5. The van der Waals surface area contributed by atoms with Crippen molar-refractivity contribution in [1.82, 2.24) is 9.55 Å². The van der Waals surface area contributed by atoms with Crippen LogP contribution in [-0.4, -0.2) is 31.8 Å². The van der Waals surface area contributed by atoms with Crippen molar-refractivity contribution in [1.29, 1.82) is 0 Å². The molecule has 0 amide bonds. The molecule has 92 valence electrons. The summed E-state index contributed by atoms with van der Waals surface area (Å²) < 4.78 is 13.3. The summed E-state index contributed by atoms with van der Waals surface area (Å²) in [6.45, 7) is 7.82. The van der Waals surface area contributed by atoms with Gasteiger partial charge in [0.25, 0.3) is 0 Å². The molecule has 1 heterocycles. The van der Waals surface area contributed by atoms with Gasteiger partial charge in [-0.2, -0.15) is 0 Å². The van der Waals surface area contributed by atoms with Crippen LogP contribution in [0.15, 0.2) is 6.20 Å². The highest BCUT2D eigenvalue weighted by atomic mass is 32.2. The van der Waals surface area contributed by atoms with Crippen LogP contribution in [-0.2, 0) is 17.3 Å². The molecule has 0 aromatic carbocycles. The number of hydrogen-bond donors (Lipinski definition) is 1. The molecule has 1 rings (SSSR count). The molecule has 0 aliphatic rings. The highest BCUT2D eigenvalue weighted by Crippen LogP contribution is 2.08. The minimum Gasteiger partial charge on any atom is -0.356 e. The maximum atomic E-state index is 11.2. The number of hydrogen-bond acceptors (Lipinski definition) is 3. The monoisotopic (exact) mass is 243 g/mol. The first-order valence-corrected chi connectivity index (χ1v) is 7.26. The van der Waals surface area contributed by atoms with Crippen molar-refractivity contribution in [2.75, 3.05) is 18.1 Å². The van der Waals surface area contributed by atoms with E-state index in [1.807, 2.05) is 20.0 Å². The third-order valence-electron chi connectivity index (χ3n) is 2.64. The fraction of sp³-hybridized carbons (Fsp3) is 0.727. The third-order valence-corrected chi connectivity index (χ3v) is 4.01. The van der Waals surface area contributed by atoms with Gasteiger partial charge in [-0.25, -0.2) is 4.98 Å². The highest BCUT2D eigenvalue weighted by molar-refractivity contribution is 7.84. The topological polar surface area (TPSA) is 46.9 Å². The first kappa shape index (κ1) is 13.2. The molecule has 1 aromatic heterocycles. The number of nitrogens with one attached hydrogen (secondary N) is 1. The van der Waals surface area contributed by atoms with E-state index in [4.69, 9.17) is 0 Å². The van der Waals surface area contributed by atoms with E-state index in [1.54, 1.807) is 6.26 Å². The quantitative estimate of drug-likeness (QED) is 0.828. The van der Waals surface area contributed by atoms with Gasteiger partial charge in [0.2, 0.25) is 5.95 Å². The minimum atomic E-state index is -0.737.